The lowest BCUT2D eigenvalue weighted by atomic mass is 9.98. The summed E-state index contributed by atoms with van der Waals surface area (Å²) in [6.45, 7) is 0.191. The predicted molar refractivity (Wildman–Crippen MR) is 135 cm³/mol. The number of fused-ring (bicyclic) bond motifs is 3. The molecule has 35 heavy (non-hydrogen) atoms. The van der Waals surface area contributed by atoms with Gasteiger partial charge >= 0.3 is 12.1 Å². The van der Waals surface area contributed by atoms with Crippen LogP contribution < -0.4 is 5.32 Å². The Morgan fingerprint density at radius 2 is 1.63 bits per heavy atom. The number of aliphatic carboxylic acids is 1. The van der Waals surface area contributed by atoms with Gasteiger partial charge in [-0.05, 0) is 69.2 Å². The van der Waals surface area contributed by atoms with Crippen LogP contribution >= 0.6 is 15.9 Å². The van der Waals surface area contributed by atoms with Gasteiger partial charge in [0.1, 0.15) is 12.1 Å². The van der Waals surface area contributed by atoms with Gasteiger partial charge in [-0.15, -0.1) is 0 Å². The van der Waals surface area contributed by atoms with Gasteiger partial charge in [0, 0.05) is 23.0 Å². The Morgan fingerprint density at radius 3 is 2.17 bits per heavy atom. The lowest BCUT2D eigenvalue weighted by Gasteiger charge is -2.24. The fraction of sp³-hybridized carbons (Fsp3) is 0.222. The molecule has 0 atom stereocenters. The van der Waals surface area contributed by atoms with Crippen molar-refractivity contribution in [3.8, 4) is 11.1 Å². The van der Waals surface area contributed by atoms with E-state index in [4.69, 9.17) is 4.74 Å². The zero-order valence-corrected chi connectivity index (χ0v) is 20.5. The molecule has 0 aliphatic heterocycles. The zero-order chi connectivity index (χ0) is 24.7. The number of carbonyl (C=O) groups excluding carboxylic acids is 2. The Morgan fingerprint density at radius 1 is 1.03 bits per heavy atom. The highest BCUT2D eigenvalue weighted by Gasteiger charge is 2.55. The van der Waals surface area contributed by atoms with Crippen molar-refractivity contribution in [1.82, 2.24) is 4.90 Å². The van der Waals surface area contributed by atoms with Gasteiger partial charge in [-0.3, -0.25) is 10.1 Å². The number of ether oxygens (including phenoxy) is 1. The molecule has 2 N–H and O–H groups in total. The van der Waals surface area contributed by atoms with E-state index in [1.54, 1.807) is 18.2 Å². The third kappa shape index (κ3) is 4.08. The van der Waals surface area contributed by atoms with Crippen molar-refractivity contribution in [2.45, 2.75) is 24.3 Å². The number of hydrogen-bond acceptors (Lipinski definition) is 4. The smallest absolute Gasteiger partial charge is 0.411 e. The monoisotopic (exact) mass is 534 g/mol. The maximum atomic E-state index is 12.8. The summed E-state index contributed by atoms with van der Waals surface area (Å²) < 4.78 is 6.07. The normalized spacial score (nSPS) is 15.0. The predicted octanol–water partition coefficient (Wildman–Crippen LogP) is 5.50. The summed E-state index contributed by atoms with van der Waals surface area (Å²) in [6, 6.07) is 20.9. The number of rotatable bonds is 6. The highest BCUT2D eigenvalue weighted by atomic mass is 79.9. The molecule has 3 aromatic carbocycles. The summed E-state index contributed by atoms with van der Waals surface area (Å²) in [5, 5.41) is 12.2. The fourth-order valence-electron chi connectivity index (χ4n) is 4.69. The van der Waals surface area contributed by atoms with Crippen LogP contribution in [0.15, 0.2) is 71.2 Å². The molecule has 0 radical (unpaired) electrons. The van der Waals surface area contributed by atoms with Gasteiger partial charge in [0.2, 0.25) is 0 Å². The van der Waals surface area contributed by atoms with Crippen LogP contribution in [-0.4, -0.2) is 47.2 Å². The van der Waals surface area contributed by atoms with Gasteiger partial charge in [-0.2, -0.15) is 0 Å². The van der Waals surface area contributed by atoms with Crippen molar-refractivity contribution in [3.05, 3.63) is 87.9 Å². The first-order valence-corrected chi connectivity index (χ1v) is 12.0. The van der Waals surface area contributed by atoms with Gasteiger partial charge in [0.05, 0.1) is 5.69 Å². The summed E-state index contributed by atoms with van der Waals surface area (Å²) in [5.41, 5.74) is 4.21. The number of benzene rings is 3. The van der Waals surface area contributed by atoms with Gasteiger partial charge in [0.25, 0.3) is 5.91 Å². The standard InChI is InChI=1S/C27H23BrN2O5/c1-30(27(12-13-27)25(32)33)24(31)16-10-11-23(22(28)14-16)29-26(34)35-15-21-19-8-4-2-6-17(19)18-7-3-5-9-20(18)21/h2-11,14,21H,12-13,15H2,1H3,(H,29,34)(H,32,33). The molecule has 3 aromatic rings. The first-order valence-electron chi connectivity index (χ1n) is 11.2. The van der Waals surface area contributed by atoms with E-state index < -0.39 is 23.5 Å². The molecule has 1 saturated carbocycles. The first kappa shape index (κ1) is 23.1. The average Bonchev–Trinajstić information content (AvgIpc) is 3.62. The van der Waals surface area contributed by atoms with Gasteiger partial charge in [0.15, 0.2) is 0 Å². The maximum absolute atomic E-state index is 12.8. The van der Waals surface area contributed by atoms with Crippen LogP contribution in [0.25, 0.3) is 11.1 Å². The number of nitrogens with zero attached hydrogens (tertiary/aromatic N) is 1. The molecular formula is C27H23BrN2O5. The molecule has 0 bridgehead atoms. The SMILES string of the molecule is CN(C(=O)c1ccc(NC(=O)OCC2c3ccccc3-c3ccccc32)c(Br)c1)C1(C(=O)O)CC1. The summed E-state index contributed by atoms with van der Waals surface area (Å²) >= 11 is 3.39. The lowest BCUT2D eigenvalue weighted by Crippen LogP contribution is -2.44. The number of nitrogens with one attached hydrogen (secondary N) is 1. The minimum atomic E-state index is -1.12. The summed E-state index contributed by atoms with van der Waals surface area (Å²) in [5.74, 6) is -1.43. The molecule has 5 rings (SSSR count). The number of amides is 2. The third-order valence-electron chi connectivity index (χ3n) is 6.86. The second-order valence-corrected chi connectivity index (χ2v) is 9.70. The van der Waals surface area contributed by atoms with Crippen LogP contribution in [0.5, 0.6) is 0 Å². The largest absolute Gasteiger partial charge is 0.479 e. The number of carboxylic acid groups (broad SMARTS) is 1. The van der Waals surface area contributed by atoms with E-state index in [9.17, 15) is 19.5 Å². The highest BCUT2D eigenvalue weighted by molar-refractivity contribution is 9.10. The molecule has 178 valence electrons. The lowest BCUT2D eigenvalue weighted by molar-refractivity contribution is -0.143. The molecule has 0 spiro atoms. The van der Waals surface area contributed by atoms with E-state index in [0.29, 0.717) is 28.6 Å². The Kier molecular flexibility index (Phi) is 5.84. The molecule has 2 amide bonds. The molecule has 8 heteroatoms. The Balaban J connectivity index is 1.25. The topological polar surface area (TPSA) is 95.9 Å². The number of halogens is 1. The average molecular weight is 535 g/mol. The van der Waals surface area contributed by atoms with Crippen molar-refractivity contribution < 1.29 is 24.2 Å². The Labute approximate surface area is 210 Å². The summed E-state index contributed by atoms with van der Waals surface area (Å²) in [6.07, 6.45) is 0.270. The van der Waals surface area contributed by atoms with E-state index in [1.165, 1.54) is 11.9 Å². The zero-order valence-electron chi connectivity index (χ0n) is 19.0. The van der Waals surface area contributed by atoms with Crippen LogP contribution in [-0.2, 0) is 9.53 Å². The molecule has 2 aliphatic carbocycles. The summed E-state index contributed by atoms with van der Waals surface area (Å²) in [7, 11) is 1.50. The summed E-state index contributed by atoms with van der Waals surface area (Å²) in [4.78, 5) is 38.2. The van der Waals surface area contributed by atoms with Gasteiger partial charge < -0.3 is 14.7 Å². The number of carboxylic acids is 1. The van der Waals surface area contributed by atoms with Gasteiger partial charge in [-0.25, -0.2) is 9.59 Å². The van der Waals surface area contributed by atoms with Crippen molar-refractivity contribution in [3.63, 3.8) is 0 Å². The van der Waals surface area contributed by atoms with E-state index in [1.807, 2.05) is 24.3 Å². The van der Waals surface area contributed by atoms with E-state index in [2.05, 4.69) is 45.5 Å². The minimum Gasteiger partial charge on any atom is -0.479 e. The van der Waals surface area contributed by atoms with Crippen LogP contribution in [0.4, 0.5) is 10.5 Å². The molecule has 0 unspecified atom stereocenters. The Hall–Kier alpha value is -3.65. The maximum Gasteiger partial charge on any atom is 0.411 e. The van der Waals surface area contributed by atoms with Crippen LogP contribution in [0.1, 0.15) is 40.2 Å². The number of likely N-dealkylation sites (N-methyl/N-ethyl adjacent to an activating group) is 1. The van der Waals surface area contributed by atoms with E-state index >= 15 is 0 Å². The van der Waals surface area contributed by atoms with Crippen molar-refractivity contribution in [1.29, 1.82) is 0 Å². The highest BCUT2D eigenvalue weighted by Crippen LogP contribution is 2.45. The molecule has 2 aliphatic rings. The molecule has 0 saturated heterocycles. The van der Waals surface area contributed by atoms with Crippen molar-refractivity contribution in [2.24, 2.45) is 0 Å². The van der Waals surface area contributed by atoms with Crippen molar-refractivity contribution >= 4 is 39.6 Å². The van der Waals surface area contributed by atoms with Crippen LogP contribution in [0.2, 0.25) is 0 Å². The molecule has 1 fully saturated rings. The first-order chi connectivity index (χ1) is 16.8. The van der Waals surface area contributed by atoms with E-state index in [0.717, 1.165) is 22.3 Å². The molecule has 0 heterocycles. The molecular weight excluding hydrogens is 512 g/mol. The number of anilines is 1. The van der Waals surface area contributed by atoms with Crippen LogP contribution in [0, 0.1) is 0 Å². The van der Waals surface area contributed by atoms with Crippen LogP contribution in [0.3, 0.4) is 0 Å². The fourth-order valence-corrected chi connectivity index (χ4v) is 5.17. The minimum absolute atomic E-state index is 0.0453. The number of hydrogen-bond donors (Lipinski definition) is 2. The second kappa shape index (κ2) is 8.85. The molecule has 7 nitrogen and oxygen atoms in total. The number of carbonyl (C=O) groups is 3. The molecule has 0 aromatic heterocycles. The third-order valence-corrected chi connectivity index (χ3v) is 7.52. The van der Waals surface area contributed by atoms with Gasteiger partial charge in [-0.1, -0.05) is 48.5 Å². The Bertz CT molecular complexity index is 1310. The van der Waals surface area contributed by atoms with Crippen molar-refractivity contribution in [2.75, 3.05) is 19.0 Å². The quantitative estimate of drug-likeness (QED) is 0.435. The second-order valence-electron chi connectivity index (χ2n) is 8.85. The van der Waals surface area contributed by atoms with E-state index in [-0.39, 0.29) is 12.5 Å².